The molecule has 0 spiro atoms. The summed E-state index contributed by atoms with van der Waals surface area (Å²) in [5, 5.41) is 12.6. The maximum absolute atomic E-state index is 2.45. The second-order valence-electron chi connectivity index (χ2n) is 13.2. The van der Waals surface area contributed by atoms with Gasteiger partial charge in [-0.2, -0.15) is 0 Å². The van der Waals surface area contributed by atoms with E-state index in [-0.39, 0.29) is 0 Å². The second-order valence-corrected chi connectivity index (χ2v) is 13.2. The van der Waals surface area contributed by atoms with Crippen molar-refractivity contribution in [1.82, 2.24) is 0 Å². The third-order valence-electron chi connectivity index (χ3n) is 10.4. The van der Waals surface area contributed by atoms with Crippen LogP contribution in [-0.4, -0.2) is 0 Å². The average molecular weight is 633 g/mol. The Morgan fingerprint density at radius 1 is 0.200 bits per heavy atom. The third-order valence-corrected chi connectivity index (χ3v) is 10.4. The minimum Gasteiger partial charge on any atom is -0.0622 e. The zero-order valence-electron chi connectivity index (χ0n) is 27.5. The number of rotatable bonds is 4. The summed E-state index contributed by atoms with van der Waals surface area (Å²) in [6.45, 7) is 0. The first kappa shape index (κ1) is 28.5. The molecule has 0 unspecified atom stereocenters. The fraction of sp³-hybridized carbons (Fsp3) is 0. The quantitative estimate of drug-likeness (QED) is 0.134. The second kappa shape index (κ2) is 11.6. The molecule has 0 aliphatic heterocycles. The molecule has 0 heteroatoms. The van der Waals surface area contributed by atoms with E-state index < -0.39 is 0 Å². The molecule has 0 saturated carbocycles. The average Bonchev–Trinajstić information content (AvgIpc) is 3.19. The zero-order valence-corrected chi connectivity index (χ0v) is 27.5. The van der Waals surface area contributed by atoms with Gasteiger partial charge in [-0.1, -0.05) is 176 Å². The molecule has 232 valence electrons. The Labute approximate surface area is 291 Å². The van der Waals surface area contributed by atoms with Crippen LogP contribution in [0.15, 0.2) is 194 Å². The molecule has 10 aromatic rings. The van der Waals surface area contributed by atoms with E-state index in [2.05, 4.69) is 194 Å². The molecule has 0 aliphatic carbocycles. The first-order chi connectivity index (χ1) is 24.8. The van der Waals surface area contributed by atoms with Crippen molar-refractivity contribution < 1.29 is 0 Å². The monoisotopic (exact) mass is 632 g/mol. The molecule has 0 aliphatic rings. The summed E-state index contributed by atoms with van der Waals surface area (Å²) in [6.07, 6.45) is 0. The smallest absolute Gasteiger partial charge is 0.00201 e. The van der Waals surface area contributed by atoms with Gasteiger partial charge < -0.3 is 0 Å². The van der Waals surface area contributed by atoms with E-state index in [0.717, 1.165) is 0 Å². The molecule has 0 N–H and O–H groups in total. The lowest BCUT2D eigenvalue weighted by Crippen LogP contribution is -1.93. The molecule has 0 amide bonds. The van der Waals surface area contributed by atoms with Gasteiger partial charge in [-0.15, -0.1) is 0 Å². The van der Waals surface area contributed by atoms with E-state index in [4.69, 9.17) is 0 Å². The highest BCUT2D eigenvalue weighted by atomic mass is 14.2. The molecule has 0 saturated heterocycles. The molecule has 0 nitrogen and oxygen atoms in total. The largest absolute Gasteiger partial charge is 0.0622 e. The van der Waals surface area contributed by atoms with Gasteiger partial charge in [0.15, 0.2) is 0 Å². The number of benzene rings is 10. The Bertz CT molecular complexity index is 2910. The van der Waals surface area contributed by atoms with Crippen LogP contribution in [0.5, 0.6) is 0 Å². The Morgan fingerprint density at radius 2 is 0.740 bits per heavy atom. The van der Waals surface area contributed by atoms with Crippen molar-refractivity contribution in [3.63, 3.8) is 0 Å². The molecule has 0 heterocycles. The normalized spacial score (nSPS) is 11.6. The summed E-state index contributed by atoms with van der Waals surface area (Å²) in [5.74, 6) is 0. The molecule has 50 heavy (non-hydrogen) atoms. The van der Waals surface area contributed by atoms with E-state index in [1.165, 1.54) is 98.4 Å². The van der Waals surface area contributed by atoms with E-state index in [1.807, 2.05) is 0 Å². The van der Waals surface area contributed by atoms with Gasteiger partial charge in [0, 0.05) is 0 Å². The Hall–Kier alpha value is -6.50. The number of hydrogen-bond acceptors (Lipinski definition) is 0. The fourth-order valence-electron chi connectivity index (χ4n) is 8.15. The first-order valence-electron chi connectivity index (χ1n) is 17.4. The van der Waals surface area contributed by atoms with Gasteiger partial charge in [-0.25, -0.2) is 0 Å². The van der Waals surface area contributed by atoms with Crippen molar-refractivity contribution in [2.24, 2.45) is 0 Å². The first-order valence-corrected chi connectivity index (χ1v) is 17.4. The van der Waals surface area contributed by atoms with Gasteiger partial charge in [-0.05, 0) is 117 Å². The third kappa shape index (κ3) is 4.54. The van der Waals surface area contributed by atoms with Crippen molar-refractivity contribution in [3.05, 3.63) is 194 Å². The van der Waals surface area contributed by atoms with E-state index >= 15 is 0 Å². The molecule has 0 atom stereocenters. The Kier molecular flexibility index (Phi) is 6.60. The molecule has 0 aromatic heterocycles. The van der Waals surface area contributed by atoms with Gasteiger partial charge >= 0.3 is 0 Å². The molecule has 10 aromatic carbocycles. The van der Waals surface area contributed by atoms with Crippen molar-refractivity contribution >= 4 is 53.9 Å². The van der Waals surface area contributed by atoms with Crippen molar-refractivity contribution in [2.75, 3.05) is 0 Å². The van der Waals surface area contributed by atoms with Crippen LogP contribution in [0.3, 0.4) is 0 Å². The summed E-state index contributed by atoms with van der Waals surface area (Å²) >= 11 is 0. The Morgan fingerprint density at radius 3 is 1.54 bits per heavy atom. The summed E-state index contributed by atoms with van der Waals surface area (Å²) in [5.41, 5.74) is 9.96. The van der Waals surface area contributed by atoms with Gasteiger partial charge in [0.1, 0.15) is 0 Å². The fourth-order valence-corrected chi connectivity index (χ4v) is 8.15. The summed E-state index contributed by atoms with van der Waals surface area (Å²) < 4.78 is 0. The van der Waals surface area contributed by atoms with Crippen LogP contribution in [0.1, 0.15) is 0 Å². The standard InChI is InChI=1S/C50H32/c1-2-15-34(16-3-1)49-44-24-12-13-25-45(44)50(43-23-11-8-20-40(43)37-27-26-33-14-4-5-17-35(33)30-37)46-29-28-38(32-48(46)49)47-31-36-18-6-7-19-39(36)41-21-9-10-22-42(41)47/h1-32H. The van der Waals surface area contributed by atoms with E-state index in [1.54, 1.807) is 0 Å². The molecular weight excluding hydrogens is 601 g/mol. The van der Waals surface area contributed by atoms with Crippen molar-refractivity contribution in [3.8, 4) is 44.5 Å². The zero-order chi connectivity index (χ0) is 33.0. The van der Waals surface area contributed by atoms with Crippen LogP contribution in [0, 0.1) is 0 Å². The minimum atomic E-state index is 1.22. The van der Waals surface area contributed by atoms with Crippen LogP contribution in [0.2, 0.25) is 0 Å². The number of fused-ring (bicyclic) bond motifs is 6. The number of hydrogen-bond donors (Lipinski definition) is 0. The SMILES string of the molecule is c1ccc(-c2c3ccccc3c(-c3ccccc3-c3ccc4ccccc4c3)c3ccc(-c4cc5ccccc5c5ccccc45)cc23)cc1. The van der Waals surface area contributed by atoms with Gasteiger partial charge in [0.2, 0.25) is 0 Å². The van der Waals surface area contributed by atoms with E-state index in [9.17, 15) is 0 Å². The molecule has 0 radical (unpaired) electrons. The highest BCUT2D eigenvalue weighted by molar-refractivity contribution is 6.23. The maximum atomic E-state index is 2.45. The predicted molar refractivity (Wildman–Crippen MR) is 216 cm³/mol. The van der Waals surface area contributed by atoms with Gasteiger partial charge in [0.25, 0.3) is 0 Å². The lowest BCUT2D eigenvalue weighted by Gasteiger charge is -2.21. The highest BCUT2D eigenvalue weighted by Crippen LogP contribution is 2.47. The summed E-state index contributed by atoms with van der Waals surface area (Å²) in [7, 11) is 0. The molecule has 0 fully saturated rings. The van der Waals surface area contributed by atoms with E-state index in [0.29, 0.717) is 0 Å². The van der Waals surface area contributed by atoms with Crippen molar-refractivity contribution in [2.45, 2.75) is 0 Å². The minimum absolute atomic E-state index is 1.22. The summed E-state index contributed by atoms with van der Waals surface area (Å²) in [4.78, 5) is 0. The maximum Gasteiger partial charge on any atom is -0.00201 e. The lowest BCUT2D eigenvalue weighted by molar-refractivity contribution is 1.62. The van der Waals surface area contributed by atoms with Crippen molar-refractivity contribution in [1.29, 1.82) is 0 Å². The van der Waals surface area contributed by atoms with Crippen LogP contribution < -0.4 is 0 Å². The van der Waals surface area contributed by atoms with Gasteiger partial charge in [0.05, 0.1) is 0 Å². The Balaban J connectivity index is 1.31. The van der Waals surface area contributed by atoms with Crippen LogP contribution in [0.4, 0.5) is 0 Å². The highest BCUT2D eigenvalue weighted by Gasteiger charge is 2.20. The van der Waals surface area contributed by atoms with Crippen LogP contribution in [-0.2, 0) is 0 Å². The van der Waals surface area contributed by atoms with Crippen LogP contribution in [0.25, 0.3) is 98.4 Å². The summed E-state index contributed by atoms with van der Waals surface area (Å²) in [6, 6.07) is 71.4. The molecule has 0 bridgehead atoms. The van der Waals surface area contributed by atoms with Crippen LogP contribution >= 0.6 is 0 Å². The lowest BCUT2D eigenvalue weighted by atomic mass is 9.82. The predicted octanol–water partition coefficient (Wildman–Crippen LogP) is 14.1. The molecular formula is C50H32. The topological polar surface area (TPSA) is 0 Å². The molecule has 10 rings (SSSR count). The van der Waals surface area contributed by atoms with Gasteiger partial charge in [-0.3, -0.25) is 0 Å².